The minimum absolute atomic E-state index is 0.0928. The topological polar surface area (TPSA) is 22.1 Å². The third-order valence-electron chi connectivity index (χ3n) is 1.21. The number of hydrogen-bond donors (Lipinski definition) is 0. The van der Waals surface area contributed by atoms with Gasteiger partial charge in [0.1, 0.15) is 0 Å². The SMILES string of the molecule is COc1cc(C(F)(F)F)c[c]n1. The fraction of sp³-hybridized carbons (Fsp3) is 0.286. The van der Waals surface area contributed by atoms with E-state index in [0.29, 0.717) is 0 Å². The van der Waals surface area contributed by atoms with Gasteiger partial charge in [0.25, 0.3) is 0 Å². The Balaban J connectivity index is 3.02. The van der Waals surface area contributed by atoms with Crippen LogP contribution in [0.25, 0.3) is 0 Å². The molecule has 1 aromatic rings. The summed E-state index contributed by atoms with van der Waals surface area (Å²) in [6.07, 6.45) is -2.28. The van der Waals surface area contributed by atoms with Gasteiger partial charge in [-0.05, 0) is 6.07 Å². The molecule has 1 rings (SSSR count). The minimum Gasteiger partial charge on any atom is -0.481 e. The summed E-state index contributed by atoms with van der Waals surface area (Å²) in [5.74, 6) is -0.0928. The molecule has 1 radical (unpaired) electrons. The van der Waals surface area contributed by atoms with E-state index < -0.39 is 11.7 Å². The molecule has 0 aromatic carbocycles. The smallest absolute Gasteiger partial charge is 0.416 e. The summed E-state index contributed by atoms with van der Waals surface area (Å²) in [5, 5.41) is 0. The Kier molecular flexibility index (Phi) is 2.21. The van der Waals surface area contributed by atoms with Crippen LogP contribution in [0, 0.1) is 6.20 Å². The molecule has 0 unspecified atom stereocenters. The molecule has 0 spiro atoms. The quantitative estimate of drug-likeness (QED) is 0.652. The van der Waals surface area contributed by atoms with Crippen molar-refractivity contribution in [2.24, 2.45) is 0 Å². The number of methoxy groups -OCH3 is 1. The van der Waals surface area contributed by atoms with Crippen molar-refractivity contribution in [1.29, 1.82) is 0 Å². The zero-order valence-corrected chi connectivity index (χ0v) is 6.14. The first-order valence-corrected chi connectivity index (χ1v) is 3.03. The first kappa shape index (κ1) is 8.83. The molecule has 0 atom stereocenters. The number of aromatic nitrogens is 1. The standard InChI is InChI=1S/C7H5F3NO/c1-12-6-4-5(2-3-11-6)7(8,9)10/h2,4H,1H3. The zero-order valence-electron chi connectivity index (χ0n) is 6.14. The van der Waals surface area contributed by atoms with E-state index in [2.05, 4.69) is 15.9 Å². The number of halogens is 3. The van der Waals surface area contributed by atoms with Crippen LogP contribution in [0.15, 0.2) is 12.1 Å². The van der Waals surface area contributed by atoms with Crippen LogP contribution in [0.4, 0.5) is 13.2 Å². The summed E-state index contributed by atoms with van der Waals surface area (Å²) in [5.41, 5.74) is -0.811. The Morgan fingerprint density at radius 2 is 2.17 bits per heavy atom. The molecule has 0 saturated heterocycles. The number of pyridine rings is 1. The maximum Gasteiger partial charge on any atom is 0.416 e. The molecule has 0 fully saturated rings. The van der Waals surface area contributed by atoms with E-state index in [1.165, 1.54) is 7.11 Å². The van der Waals surface area contributed by atoms with Crippen LogP contribution in [0.2, 0.25) is 0 Å². The third kappa shape index (κ3) is 1.87. The van der Waals surface area contributed by atoms with Crippen molar-refractivity contribution in [3.63, 3.8) is 0 Å². The van der Waals surface area contributed by atoms with Gasteiger partial charge in [-0.2, -0.15) is 13.2 Å². The second kappa shape index (κ2) is 3.00. The van der Waals surface area contributed by atoms with Crippen LogP contribution in [-0.4, -0.2) is 12.1 Å². The maximum absolute atomic E-state index is 12.0. The molecule has 5 heteroatoms. The average Bonchev–Trinajstić information content (AvgIpc) is 2.03. The predicted molar refractivity (Wildman–Crippen MR) is 34.6 cm³/mol. The molecule has 0 aliphatic rings. The lowest BCUT2D eigenvalue weighted by Gasteiger charge is -2.06. The van der Waals surface area contributed by atoms with Gasteiger partial charge in [-0.25, -0.2) is 4.98 Å². The fourth-order valence-corrected chi connectivity index (χ4v) is 0.641. The Hall–Kier alpha value is -1.26. The molecule has 2 nitrogen and oxygen atoms in total. The number of hydrogen-bond acceptors (Lipinski definition) is 2. The summed E-state index contributed by atoms with van der Waals surface area (Å²) < 4.78 is 40.5. The largest absolute Gasteiger partial charge is 0.481 e. The second-order valence-electron chi connectivity index (χ2n) is 2.03. The maximum atomic E-state index is 12.0. The van der Waals surface area contributed by atoms with E-state index in [4.69, 9.17) is 0 Å². The van der Waals surface area contributed by atoms with Crippen LogP contribution in [0.5, 0.6) is 5.88 Å². The number of alkyl halides is 3. The van der Waals surface area contributed by atoms with Crippen molar-refractivity contribution in [3.05, 3.63) is 23.9 Å². The Labute approximate surface area is 67.0 Å². The molecule has 0 N–H and O–H groups in total. The average molecular weight is 176 g/mol. The van der Waals surface area contributed by atoms with Gasteiger partial charge in [0.15, 0.2) is 0 Å². The van der Waals surface area contributed by atoms with Gasteiger partial charge in [-0.3, -0.25) is 0 Å². The summed E-state index contributed by atoms with van der Waals surface area (Å²) in [4.78, 5) is 3.42. The van der Waals surface area contributed by atoms with E-state index in [1.807, 2.05) is 0 Å². The summed E-state index contributed by atoms with van der Waals surface area (Å²) in [7, 11) is 1.25. The Bertz CT molecular complexity index is 272. The van der Waals surface area contributed by atoms with E-state index >= 15 is 0 Å². The van der Waals surface area contributed by atoms with Gasteiger partial charge in [0.2, 0.25) is 5.88 Å². The molecule has 0 bridgehead atoms. The summed E-state index contributed by atoms with van der Waals surface area (Å²) >= 11 is 0. The fourth-order valence-electron chi connectivity index (χ4n) is 0.641. The summed E-state index contributed by atoms with van der Waals surface area (Å²) in [6, 6.07) is 1.58. The third-order valence-corrected chi connectivity index (χ3v) is 1.21. The highest BCUT2D eigenvalue weighted by molar-refractivity contribution is 5.22. The van der Waals surface area contributed by atoms with Crippen molar-refractivity contribution in [1.82, 2.24) is 4.98 Å². The Morgan fingerprint density at radius 1 is 1.50 bits per heavy atom. The van der Waals surface area contributed by atoms with E-state index in [-0.39, 0.29) is 5.88 Å². The molecular formula is C7H5F3NO. The highest BCUT2D eigenvalue weighted by Gasteiger charge is 2.30. The predicted octanol–water partition coefficient (Wildman–Crippen LogP) is 1.91. The molecular weight excluding hydrogens is 171 g/mol. The molecule has 12 heavy (non-hydrogen) atoms. The first-order valence-electron chi connectivity index (χ1n) is 3.03. The number of ether oxygens (including phenoxy) is 1. The van der Waals surface area contributed by atoms with E-state index in [0.717, 1.165) is 12.1 Å². The van der Waals surface area contributed by atoms with Gasteiger partial charge in [-0.1, -0.05) is 0 Å². The lowest BCUT2D eigenvalue weighted by atomic mass is 10.2. The molecule has 0 aliphatic heterocycles. The first-order chi connectivity index (χ1) is 5.54. The van der Waals surface area contributed by atoms with Crippen LogP contribution in [0.3, 0.4) is 0 Å². The molecule has 1 heterocycles. The minimum atomic E-state index is -4.37. The molecule has 0 saturated carbocycles. The van der Waals surface area contributed by atoms with E-state index in [9.17, 15) is 13.2 Å². The van der Waals surface area contributed by atoms with Crippen LogP contribution in [0.1, 0.15) is 5.56 Å². The van der Waals surface area contributed by atoms with Gasteiger partial charge in [0, 0.05) is 6.07 Å². The lowest BCUT2D eigenvalue weighted by Crippen LogP contribution is -2.05. The monoisotopic (exact) mass is 176 g/mol. The zero-order chi connectivity index (χ0) is 9.19. The van der Waals surface area contributed by atoms with Crippen molar-refractivity contribution >= 4 is 0 Å². The van der Waals surface area contributed by atoms with Crippen LogP contribution in [-0.2, 0) is 6.18 Å². The molecule has 0 aliphatic carbocycles. The highest BCUT2D eigenvalue weighted by atomic mass is 19.4. The van der Waals surface area contributed by atoms with E-state index in [1.54, 1.807) is 0 Å². The van der Waals surface area contributed by atoms with Gasteiger partial charge >= 0.3 is 6.18 Å². The van der Waals surface area contributed by atoms with Crippen molar-refractivity contribution in [2.75, 3.05) is 7.11 Å². The van der Waals surface area contributed by atoms with Gasteiger partial charge < -0.3 is 4.74 Å². The Morgan fingerprint density at radius 3 is 2.67 bits per heavy atom. The van der Waals surface area contributed by atoms with Crippen LogP contribution >= 0.6 is 0 Å². The molecule has 1 aromatic heterocycles. The number of rotatable bonds is 1. The van der Waals surface area contributed by atoms with Gasteiger partial charge in [0.05, 0.1) is 18.9 Å². The normalized spacial score (nSPS) is 11.3. The van der Waals surface area contributed by atoms with Crippen molar-refractivity contribution in [2.45, 2.75) is 6.18 Å². The molecule has 65 valence electrons. The van der Waals surface area contributed by atoms with Crippen molar-refractivity contribution in [3.8, 4) is 5.88 Å². The lowest BCUT2D eigenvalue weighted by molar-refractivity contribution is -0.137. The van der Waals surface area contributed by atoms with Gasteiger partial charge in [-0.15, -0.1) is 0 Å². The van der Waals surface area contributed by atoms with Crippen molar-refractivity contribution < 1.29 is 17.9 Å². The second-order valence-corrected chi connectivity index (χ2v) is 2.03. The highest BCUT2D eigenvalue weighted by Crippen LogP contribution is 2.29. The summed E-state index contributed by atoms with van der Waals surface area (Å²) in [6.45, 7) is 0. The molecule has 0 amide bonds. The van der Waals surface area contributed by atoms with Crippen LogP contribution < -0.4 is 4.74 Å². The number of nitrogens with zero attached hydrogens (tertiary/aromatic N) is 1.